The molecule has 0 spiro atoms. The Bertz CT molecular complexity index is 1360. The molecule has 1 aromatic heterocycles. The highest BCUT2D eigenvalue weighted by atomic mass is 19.1. The minimum Gasteiger partial charge on any atom is -0.501 e. The molecule has 1 saturated carbocycles. The number of amides is 3. The van der Waals surface area contributed by atoms with Crippen molar-refractivity contribution in [2.45, 2.75) is 64.3 Å². The molecule has 0 radical (unpaired) electrons. The van der Waals surface area contributed by atoms with Crippen LogP contribution in [0.2, 0.25) is 0 Å². The second kappa shape index (κ2) is 9.82. The van der Waals surface area contributed by atoms with Gasteiger partial charge in [-0.05, 0) is 56.7 Å². The van der Waals surface area contributed by atoms with Crippen molar-refractivity contribution in [3.8, 4) is 5.75 Å². The van der Waals surface area contributed by atoms with Crippen LogP contribution in [0.3, 0.4) is 0 Å². The Hall–Kier alpha value is -3.80. The summed E-state index contributed by atoms with van der Waals surface area (Å²) in [5.74, 6) is -3.73. The zero-order valence-electron chi connectivity index (χ0n) is 21.8. The number of benzene rings is 1. The lowest BCUT2D eigenvalue weighted by Gasteiger charge is -2.43. The van der Waals surface area contributed by atoms with E-state index >= 15 is 0 Å². The molecular formula is C26H32FN5O6. The van der Waals surface area contributed by atoms with Crippen LogP contribution in [0.5, 0.6) is 5.75 Å². The van der Waals surface area contributed by atoms with Crippen molar-refractivity contribution < 1.29 is 29.0 Å². The first-order valence-electron chi connectivity index (χ1n) is 12.4. The predicted octanol–water partition coefficient (Wildman–Crippen LogP) is 0.681. The smallest absolute Gasteiger partial charge is 0.311 e. The lowest BCUT2D eigenvalue weighted by Crippen LogP contribution is -2.54. The van der Waals surface area contributed by atoms with Gasteiger partial charge in [-0.15, -0.1) is 0 Å². The number of likely N-dealkylation sites (N-methyl/N-ethyl adjacent to an activating group) is 1. The van der Waals surface area contributed by atoms with Crippen LogP contribution in [-0.2, 0) is 28.2 Å². The third-order valence-corrected chi connectivity index (χ3v) is 7.88. The monoisotopic (exact) mass is 529 g/mol. The first-order chi connectivity index (χ1) is 17.8. The molecule has 2 aromatic rings. The Kier molecular flexibility index (Phi) is 7.04. The summed E-state index contributed by atoms with van der Waals surface area (Å²) in [5.41, 5.74) is -2.39. The maximum absolute atomic E-state index is 13.6. The van der Waals surface area contributed by atoms with Crippen LogP contribution in [0.4, 0.5) is 4.39 Å². The van der Waals surface area contributed by atoms with Crippen LogP contribution in [0.15, 0.2) is 23.0 Å². The third-order valence-electron chi connectivity index (χ3n) is 7.88. The summed E-state index contributed by atoms with van der Waals surface area (Å²) in [5, 5.41) is 26.7. The number of hydrogen-bond acceptors (Lipinski definition) is 7. The van der Waals surface area contributed by atoms with Crippen LogP contribution in [0.1, 0.15) is 60.0 Å². The summed E-state index contributed by atoms with van der Waals surface area (Å²) < 4.78 is 14.8. The number of aromatic hydroxyl groups is 1. The number of rotatable bonds is 5. The molecule has 4 N–H and O–H groups in total. The number of aliphatic hydroxyl groups is 1. The molecule has 3 amide bonds. The Morgan fingerprint density at radius 1 is 1.21 bits per heavy atom. The van der Waals surface area contributed by atoms with Gasteiger partial charge in [0.1, 0.15) is 11.6 Å². The molecule has 11 nitrogen and oxygen atoms in total. The van der Waals surface area contributed by atoms with Crippen molar-refractivity contribution in [1.82, 2.24) is 25.1 Å². The molecule has 38 heavy (non-hydrogen) atoms. The maximum atomic E-state index is 13.6. The largest absolute Gasteiger partial charge is 0.501 e. The van der Waals surface area contributed by atoms with Gasteiger partial charge in [0, 0.05) is 32.6 Å². The number of carbonyl (C=O) groups excluding carboxylic acids is 3. The molecule has 1 aliphatic carbocycles. The van der Waals surface area contributed by atoms with Gasteiger partial charge in [0.15, 0.2) is 5.69 Å². The van der Waals surface area contributed by atoms with E-state index in [9.17, 15) is 33.8 Å². The highest BCUT2D eigenvalue weighted by Crippen LogP contribution is 2.51. The quantitative estimate of drug-likeness (QED) is 0.416. The van der Waals surface area contributed by atoms with Gasteiger partial charge in [0.25, 0.3) is 11.5 Å². The highest BCUT2D eigenvalue weighted by molar-refractivity contribution is 6.35. The van der Waals surface area contributed by atoms with Crippen LogP contribution in [-0.4, -0.2) is 62.6 Å². The van der Waals surface area contributed by atoms with Crippen molar-refractivity contribution in [3.05, 3.63) is 57.0 Å². The van der Waals surface area contributed by atoms with Gasteiger partial charge in [-0.1, -0.05) is 12.1 Å². The molecule has 5 rings (SSSR count). The Morgan fingerprint density at radius 2 is 1.87 bits per heavy atom. The van der Waals surface area contributed by atoms with Crippen LogP contribution in [0.25, 0.3) is 0 Å². The van der Waals surface area contributed by atoms with Gasteiger partial charge >= 0.3 is 11.8 Å². The highest BCUT2D eigenvalue weighted by Gasteiger charge is 2.53. The molecule has 1 fully saturated rings. The van der Waals surface area contributed by atoms with E-state index in [1.54, 1.807) is 19.9 Å². The number of hydrogen-bond donors (Lipinski definition) is 4. The number of halogens is 1. The molecule has 2 aliphatic heterocycles. The molecule has 3 aliphatic rings. The van der Waals surface area contributed by atoms with Gasteiger partial charge in [-0.3, -0.25) is 23.7 Å². The first-order valence-corrected chi connectivity index (χ1v) is 12.4. The summed E-state index contributed by atoms with van der Waals surface area (Å²) in [6, 6.07) is 4.34. The summed E-state index contributed by atoms with van der Waals surface area (Å²) >= 11 is 0. The summed E-state index contributed by atoms with van der Waals surface area (Å²) in [6.07, 6.45) is 0.544. The van der Waals surface area contributed by atoms with E-state index in [1.807, 2.05) is 0 Å². The minimum atomic E-state index is -1.27. The lowest BCUT2D eigenvalue weighted by molar-refractivity contribution is -0.146. The van der Waals surface area contributed by atoms with Crippen molar-refractivity contribution in [2.24, 2.45) is 5.41 Å². The Labute approximate surface area is 218 Å². The molecule has 2 bridgehead atoms. The van der Waals surface area contributed by atoms with Gasteiger partial charge in [0.05, 0.1) is 11.6 Å². The maximum Gasteiger partial charge on any atom is 0.311 e. The van der Waals surface area contributed by atoms with Gasteiger partial charge in [-0.2, -0.15) is 0 Å². The third kappa shape index (κ3) is 4.64. The fraction of sp³-hybridized carbons (Fsp3) is 0.500. The van der Waals surface area contributed by atoms with Crippen molar-refractivity contribution in [1.29, 1.82) is 0 Å². The first kappa shape index (κ1) is 27.2. The zero-order chi connectivity index (χ0) is 28.0. The Balaban J connectivity index is 1.76. The second-order valence-corrected chi connectivity index (χ2v) is 10.6. The van der Waals surface area contributed by atoms with E-state index in [4.69, 9.17) is 0 Å². The molecule has 3 heterocycles. The molecule has 1 unspecified atom stereocenters. The summed E-state index contributed by atoms with van der Waals surface area (Å²) in [4.78, 5) is 57.2. The zero-order valence-corrected chi connectivity index (χ0v) is 21.8. The fourth-order valence-electron chi connectivity index (χ4n) is 5.37. The molecule has 1 aromatic carbocycles. The van der Waals surface area contributed by atoms with Crippen molar-refractivity contribution in [2.75, 3.05) is 14.1 Å². The van der Waals surface area contributed by atoms with E-state index in [2.05, 4.69) is 15.6 Å². The normalized spacial score (nSPS) is 22.7. The van der Waals surface area contributed by atoms with Gasteiger partial charge in [0.2, 0.25) is 5.75 Å². The number of aryl methyl sites for hydroxylation is 1. The molecule has 204 valence electrons. The van der Waals surface area contributed by atoms with Crippen LogP contribution in [0, 0.1) is 18.2 Å². The van der Waals surface area contributed by atoms with Crippen molar-refractivity contribution in [3.63, 3.8) is 0 Å². The van der Waals surface area contributed by atoms with E-state index in [0.717, 1.165) is 4.90 Å². The summed E-state index contributed by atoms with van der Waals surface area (Å²) in [6.45, 7) is 3.23. The summed E-state index contributed by atoms with van der Waals surface area (Å²) in [7, 11) is 2.87. The topological polar surface area (TPSA) is 154 Å². The minimum absolute atomic E-state index is 0.0101. The van der Waals surface area contributed by atoms with Crippen LogP contribution < -0.4 is 16.2 Å². The SMILES string of the molecule is Cc1cc(CNC(=O)c2nc3n(c(=O)c2O)CC2(C(C)O)CCC3(NC(=O)C(=O)N(C)C)CC2)ccc1F. The van der Waals surface area contributed by atoms with Crippen molar-refractivity contribution >= 4 is 17.7 Å². The van der Waals surface area contributed by atoms with E-state index in [1.165, 1.54) is 30.8 Å². The Morgan fingerprint density at radius 3 is 2.45 bits per heavy atom. The molecular weight excluding hydrogens is 497 g/mol. The predicted molar refractivity (Wildman–Crippen MR) is 134 cm³/mol. The number of fused-ring (bicyclic) bond motifs is 2. The number of nitrogens with zero attached hydrogens (tertiary/aromatic N) is 3. The number of nitrogens with one attached hydrogen (secondary N) is 2. The number of aromatic nitrogens is 2. The standard InChI is InChI=1S/C26H32FN5O6/c1-14-11-16(5-6-17(14)27)12-28-20(35)18-19(34)22(37)32-13-25(15(2)33)7-9-26(10-8-25,24(32)29-18)30-21(36)23(38)31(3)4/h5-6,11,15,33-34H,7-10,12-13H2,1-4H3,(H,28,35)(H,30,36). The van der Waals surface area contributed by atoms with Crippen LogP contribution >= 0.6 is 0 Å². The van der Waals surface area contributed by atoms with E-state index in [0.29, 0.717) is 24.0 Å². The molecule has 1 atom stereocenters. The second-order valence-electron chi connectivity index (χ2n) is 10.6. The van der Waals surface area contributed by atoms with E-state index in [-0.39, 0.29) is 37.6 Å². The van der Waals surface area contributed by atoms with Gasteiger partial charge < -0.3 is 25.7 Å². The average Bonchev–Trinajstić information content (AvgIpc) is 3.10. The van der Waals surface area contributed by atoms with Gasteiger partial charge in [-0.25, -0.2) is 9.37 Å². The average molecular weight is 530 g/mol. The number of carbonyl (C=O) groups is 3. The fourth-order valence-corrected chi connectivity index (χ4v) is 5.37. The molecule has 12 heteroatoms. The lowest BCUT2D eigenvalue weighted by atomic mass is 9.66. The van der Waals surface area contributed by atoms with E-state index < -0.39 is 51.8 Å². The number of aliphatic hydroxyl groups excluding tert-OH is 1. The molecule has 0 saturated heterocycles.